The number of hydrogen-bond acceptors (Lipinski definition) is 7. The molecule has 0 aromatic carbocycles. The molecular weight excluding hydrogens is 797 g/mol. The van der Waals surface area contributed by atoms with Gasteiger partial charge in [-0.2, -0.15) is 0 Å². The highest BCUT2D eigenvalue weighted by Gasteiger charge is 2.59. The summed E-state index contributed by atoms with van der Waals surface area (Å²) in [5.74, 6) is 5.08. The first-order valence-corrected chi connectivity index (χ1v) is 25.9. The van der Waals surface area contributed by atoms with E-state index in [0.717, 1.165) is 99.7 Å². The molecule has 7 heteroatoms. The SMILES string of the molecule is CC/C=C\C/C=C\C/C=C\C/C=C\C/C=C\C/C=C\CCC(=O)OCC1OC(OC2CCC3(C)C(=CCC4C3CCC3(C)C(C(C)CCC(CC)C(C)C)CCC43)C2)C(O)C(O)C1O. The summed E-state index contributed by atoms with van der Waals surface area (Å²) in [5.41, 5.74) is 2.09. The zero-order valence-electron chi connectivity index (χ0n) is 41.1. The number of esters is 1. The normalized spacial score (nSPS) is 35.5. The van der Waals surface area contributed by atoms with Crippen LogP contribution < -0.4 is 0 Å². The largest absolute Gasteiger partial charge is 0.463 e. The van der Waals surface area contributed by atoms with Crippen molar-refractivity contribution in [2.24, 2.45) is 52.3 Å². The molecule has 5 rings (SSSR count). The van der Waals surface area contributed by atoms with E-state index >= 15 is 0 Å². The molecule has 64 heavy (non-hydrogen) atoms. The van der Waals surface area contributed by atoms with Crippen molar-refractivity contribution in [3.8, 4) is 0 Å². The first kappa shape index (κ1) is 52.4. The lowest BCUT2D eigenvalue weighted by atomic mass is 9.47. The topological polar surface area (TPSA) is 105 Å². The number of rotatable bonds is 24. The molecule has 0 aromatic heterocycles. The van der Waals surface area contributed by atoms with Crippen molar-refractivity contribution in [2.75, 3.05) is 6.61 Å². The summed E-state index contributed by atoms with van der Waals surface area (Å²) in [7, 11) is 0. The van der Waals surface area contributed by atoms with Crippen LogP contribution in [0.25, 0.3) is 0 Å². The Morgan fingerprint density at radius 3 is 2.00 bits per heavy atom. The fourth-order valence-electron chi connectivity index (χ4n) is 12.9. The summed E-state index contributed by atoms with van der Waals surface area (Å²) >= 11 is 0. The fraction of sp³-hybridized carbons (Fsp3) is 0.737. The maximum Gasteiger partial charge on any atom is 0.306 e. The molecule has 5 aliphatic rings. The Morgan fingerprint density at radius 2 is 1.39 bits per heavy atom. The molecule has 0 radical (unpaired) electrons. The van der Waals surface area contributed by atoms with Gasteiger partial charge < -0.3 is 29.5 Å². The Labute approximate surface area is 389 Å². The Bertz CT molecular complexity index is 1620. The lowest BCUT2D eigenvalue weighted by Crippen LogP contribution is -2.60. The predicted octanol–water partition coefficient (Wildman–Crippen LogP) is 12.9. The van der Waals surface area contributed by atoms with Gasteiger partial charge in [0, 0.05) is 6.42 Å². The third kappa shape index (κ3) is 14.0. The first-order chi connectivity index (χ1) is 30.8. The van der Waals surface area contributed by atoms with Crippen molar-refractivity contribution in [3.63, 3.8) is 0 Å². The monoisotopic (exact) mass is 887 g/mol. The molecule has 0 aromatic rings. The number of aliphatic hydroxyl groups excluding tert-OH is 3. The zero-order valence-corrected chi connectivity index (χ0v) is 41.1. The molecule has 14 unspecified atom stereocenters. The number of allylic oxidation sites excluding steroid dienone is 13. The van der Waals surface area contributed by atoms with Gasteiger partial charge in [-0.25, -0.2) is 0 Å². The highest BCUT2D eigenvalue weighted by molar-refractivity contribution is 5.69. The Kier molecular flexibility index (Phi) is 21.4. The van der Waals surface area contributed by atoms with E-state index in [1.54, 1.807) is 0 Å². The van der Waals surface area contributed by atoms with E-state index in [-0.39, 0.29) is 24.5 Å². The maximum absolute atomic E-state index is 12.6. The summed E-state index contributed by atoms with van der Waals surface area (Å²) < 4.78 is 18.0. The highest BCUT2D eigenvalue weighted by atomic mass is 16.7. The molecule has 1 heterocycles. The molecule has 360 valence electrons. The van der Waals surface area contributed by atoms with Crippen LogP contribution in [0.15, 0.2) is 84.6 Å². The third-order valence-corrected chi connectivity index (χ3v) is 16.8. The standard InChI is InChI=1S/C57H90O7/c1-8-10-11-12-13-14-15-16-17-18-19-20-21-22-23-24-25-26-27-28-51(58)62-40-50-52(59)53(60)54(61)55(64-50)63-45-35-37-56(6)44(39-45)31-32-46-48-34-33-47(57(48,7)38-36-49(46)56)42(5)29-30-43(9-2)41(3)4/h10-11,13-14,16-17,19-20,22-23,25-26,31,41-43,45-50,52-55,59-61H,8-9,12,15,18,21,24,27-30,32-40H2,1-7H3/b11-10-,14-13-,17-16-,20-19-,23-22-,26-25-. The lowest BCUT2D eigenvalue weighted by Gasteiger charge is -2.58. The summed E-state index contributed by atoms with van der Waals surface area (Å²) in [5, 5.41) is 32.6. The Morgan fingerprint density at radius 1 is 0.766 bits per heavy atom. The van der Waals surface area contributed by atoms with E-state index in [2.05, 4.69) is 115 Å². The van der Waals surface area contributed by atoms with Gasteiger partial charge in [-0.1, -0.05) is 146 Å². The van der Waals surface area contributed by atoms with Crippen LogP contribution in [0.2, 0.25) is 0 Å². The Balaban J connectivity index is 1.01. The van der Waals surface area contributed by atoms with Crippen LogP contribution in [0.1, 0.15) is 170 Å². The van der Waals surface area contributed by atoms with E-state index in [1.807, 2.05) is 12.2 Å². The molecule has 3 N–H and O–H groups in total. The van der Waals surface area contributed by atoms with Crippen LogP contribution in [-0.2, 0) is 19.0 Å². The summed E-state index contributed by atoms with van der Waals surface area (Å²) in [6, 6.07) is 0. The smallest absolute Gasteiger partial charge is 0.306 e. The first-order valence-electron chi connectivity index (χ1n) is 25.9. The average molecular weight is 887 g/mol. The number of ether oxygens (including phenoxy) is 3. The van der Waals surface area contributed by atoms with Gasteiger partial charge >= 0.3 is 5.97 Å². The number of carbonyl (C=O) groups is 1. The van der Waals surface area contributed by atoms with Gasteiger partial charge in [0.1, 0.15) is 31.0 Å². The van der Waals surface area contributed by atoms with Crippen LogP contribution in [0, 0.1) is 52.3 Å². The van der Waals surface area contributed by atoms with Crippen LogP contribution in [0.3, 0.4) is 0 Å². The molecule has 14 atom stereocenters. The van der Waals surface area contributed by atoms with Crippen LogP contribution in [0.5, 0.6) is 0 Å². The molecule has 0 spiro atoms. The molecule has 0 amide bonds. The van der Waals surface area contributed by atoms with Crippen LogP contribution in [-0.4, -0.2) is 64.7 Å². The minimum absolute atomic E-state index is 0.155. The van der Waals surface area contributed by atoms with Gasteiger partial charge in [-0.05, 0) is 155 Å². The summed E-state index contributed by atoms with van der Waals surface area (Å²) in [4.78, 5) is 12.6. The lowest BCUT2D eigenvalue weighted by molar-refractivity contribution is -0.313. The molecule has 1 aliphatic heterocycles. The molecule has 1 saturated heterocycles. The van der Waals surface area contributed by atoms with Gasteiger partial charge in [0.15, 0.2) is 6.29 Å². The number of fused-ring (bicyclic) bond motifs is 5. The van der Waals surface area contributed by atoms with Gasteiger partial charge in [0.05, 0.1) is 6.10 Å². The van der Waals surface area contributed by atoms with Crippen molar-refractivity contribution in [1.82, 2.24) is 0 Å². The van der Waals surface area contributed by atoms with Crippen LogP contribution in [0.4, 0.5) is 0 Å². The molecule has 4 aliphatic carbocycles. The van der Waals surface area contributed by atoms with Crippen LogP contribution >= 0.6 is 0 Å². The Hall–Kier alpha value is -2.55. The van der Waals surface area contributed by atoms with Gasteiger partial charge in [-0.15, -0.1) is 0 Å². The number of carbonyl (C=O) groups excluding carboxylic acids is 1. The van der Waals surface area contributed by atoms with Crippen molar-refractivity contribution < 1.29 is 34.3 Å². The van der Waals surface area contributed by atoms with Crippen molar-refractivity contribution in [2.45, 2.75) is 207 Å². The zero-order chi connectivity index (χ0) is 46.1. The van der Waals surface area contributed by atoms with Crippen molar-refractivity contribution in [1.29, 1.82) is 0 Å². The number of aliphatic hydroxyl groups is 3. The minimum atomic E-state index is -1.47. The van der Waals surface area contributed by atoms with Gasteiger partial charge in [0.25, 0.3) is 0 Å². The third-order valence-electron chi connectivity index (χ3n) is 16.8. The average Bonchev–Trinajstić information content (AvgIpc) is 3.64. The quantitative estimate of drug-likeness (QED) is 0.0655. The molecule has 3 saturated carbocycles. The summed E-state index contributed by atoms with van der Waals surface area (Å²) in [6.07, 6.45) is 41.5. The van der Waals surface area contributed by atoms with E-state index in [1.165, 1.54) is 50.5 Å². The second-order valence-electron chi connectivity index (χ2n) is 21.1. The molecule has 0 bridgehead atoms. The minimum Gasteiger partial charge on any atom is -0.463 e. The molecule has 7 nitrogen and oxygen atoms in total. The van der Waals surface area contributed by atoms with Gasteiger partial charge in [-0.3, -0.25) is 4.79 Å². The van der Waals surface area contributed by atoms with E-state index in [0.29, 0.717) is 17.8 Å². The van der Waals surface area contributed by atoms with Gasteiger partial charge in [0.2, 0.25) is 0 Å². The van der Waals surface area contributed by atoms with Crippen molar-refractivity contribution >= 4 is 5.97 Å². The second kappa shape index (κ2) is 26.1. The summed E-state index contributed by atoms with van der Waals surface area (Å²) in [6.45, 7) is 16.8. The maximum atomic E-state index is 12.6. The predicted molar refractivity (Wildman–Crippen MR) is 262 cm³/mol. The highest BCUT2D eigenvalue weighted by Crippen LogP contribution is 2.67. The van der Waals surface area contributed by atoms with E-state index in [9.17, 15) is 20.1 Å². The fourth-order valence-corrected chi connectivity index (χ4v) is 12.9. The second-order valence-corrected chi connectivity index (χ2v) is 21.1. The molecular formula is C57H90O7. The molecule has 4 fully saturated rings. The van der Waals surface area contributed by atoms with E-state index in [4.69, 9.17) is 14.2 Å². The number of hydrogen-bond donors (Lipinski definition) is 3. The van der Waals surface area contributed by atoms with Crippen molar-refractivity contribution in [3.05, 3.63) is 84.6 Å². The van der Waals surface area contributed by atoms with E-state index < -0.39 is 36.7 Å².